The number of fused-ring (bicyclic) bond motifs is 2. The summed E-state index contributed by atoms with van der Waals surface area (Å²) in [6, 6.07) is 14.5. The molecular formula is C28H22FN8O4S-. The van der Waals surface area contributed by atoms with Crippen LogP contribution in [0.15, 0.2) is 87.3 Å². The summed E-state index contributed by atoms with van der Waals surface area (Å²) in [4.78, 5) is 37.3. The molecule has 212 valence electrons. The van der Waals surface area contributed by atoms with Crippen LogP contribution in [-0.4, -0.2) is 36.2 Å². The van der Waals surface area contributed by atoms with Gasteiger partial charge in [0.25, 0.3) is 11.1 Å². The number of nitrogens with zero attached hydrogens (tertiary/aromatic N) is 6. The van der Waals surface area contributed by atoms with Gasteiger partial charge in [0.05, 0.1) is 17.0 Å². The zero-order valence-corrected chi connectivity index (χ0v) is 23.0. The molecule has 0 saturated carbocycles. The van der Waals surface area contributed by atoms with Crippen LogP contribution in [0.4, 0.5) is 15.9 Å². The van der Waals surface area contributed by atoms with Crippen LogP contribution < -0.4 is 16.9 Å². The molecule has 12 nitrogen and oxygen atoms in total. The molecule has 6 rings (SSSR count). The van der Waals surface area contributed by atoms with Crippen LogP contribution >= 0.6 is 0 Å². The van der Waals surface area contributed by atoms with E-state index in [0.29, 0.717) is 44.5 Å². The summed E-state index contributed by atoms with van der Waals surface area (Å²) in [5.41, 5.74) is 8.38. The smallest absolute Gasteiger partial charge is 0.271 e. The summed E-state index contributed by atoms with van der Waals surface area (Å²) in [5, 5.41) is 5.22. The lowest BCUT2D eigenvalue weighted by Crippen LogP contribution is -2.21. The van der Waals surface area contributed by atoms with Crippen LogP contribution in [0, 0.1) is 5.82 Å². The van der Waals surface area contributed by atoms with Crippen molar-refractivity contribution in [3.63, 3.8) is 0 Å². The first kappa shape index (κ1) is 27.0. The number of nitrogen functional groups attached to an aromatic ring is 1. The average Bonchev–Trinajstić information content (AvgIpc) is 3.39. The SMILES string of the molecule is CO[S-](=O)=Nc1cc(-c2nn([C@@H](C)c3cc4ccc(F)cn4c(=O)c3-c3ccccc3)c3ncnc(N)c23)c[nH]c1=O. The van der Waals surface area contributed by atoms with Crippen molar-refractivity contribution in [3.8, 4) is 22.4 Å². The molecule has 1 atom stereocenters. The Kier molecular flexibility index (Phi) is 6.84. The molecule has 1 aromatic carbocycles. The van der Waals surface area contributed by atoms with Gasteiger partial charge in [-0.2, -0.15) is 5.10 Å². The maximum absolute atomic E-state index is 14.1. The van der Waals surface area contributed by atoms with Crippen molar-refractivity contribution in [2.45, 2.75) is 13.0 Å². The number of benzene rings is 1. The van der Waals surface area contributed by atoms with Crippen molar-refractivity contribution >= 4 is 38.9 Å². The molecule has 0 saturated heterocycles. The number of pyridine rings is 3. The van der Waals surface area contributed by atoms with Crippen molar-refractivity contribution in [3.05, 3.63) is 105 Å². The van der Waals surface area contributed by atoms with Gasteiger partial charge in [-0.3, -0.25) is 14.0 Å². The summed E-state index contributed by atoms with van der Waals surface area (Å²) in [7, 11) is -0.873. The Balaban J connectivity index is 1.62. The van der Waals surface area contributed by atoms with E-state index in [-0.39, 0.29) is 11.5 Å². The number of aromatic nitrogens is 6. The minimum absolute atomic E-state index is 0.135. The fourth-order valence-corrected chi connectivity index (χ4v) is 5.24. The summed E-state index contributed by atoms with van der Waals surface area (Å²) in [5.74, 6) is -0.406. The van der Waals surface area contributed by atoms with E-state index in [1.54, 1.807) is 16.8 Å². The highest BCUT2D eigenvalue weighted by atomic mass is 32.2. The number of nitrogens with one attached hydrogen (secondary N) is 1. The standard InChI is InChI=1S/C28H22FN8O4S/c1-15(20-11-19-9-8-18(29)13-36(19)28(39)22(20)16-6-4-3-5-7-16)37-26-23(25(30)32-14-33-26)24(34-37)17-10-21(27(38)31-12-17)35-42(40)41-2/h3-15H,1-2H3,(H,31,38)(H2,30,32,33)/q-1/t15-/m0/s1. The number of hydrogen-bond acceptors (Lipinski definition) is 10. The molecule has 3 N–H and O–H groups in total. The minimum atomic E-state index is -2.07. The van der Waals surface area contributed by atoms with E-state index in [0.717, 1.165) is 6.20 Å². The predicted octanol–water partition coefficient (Wildman–Crippen LogP) is 4.13. The number of nitrogens with two attached hydrogens (primary N) is 1. The van der Waals surface area contributed by atoms with Gasteiger partial charge in [-0.25, -0.2) is 19.0 Å². The lowest BCUT2D eigenvalue weighted by Gasteiger charge is -2.19. The largest absolute Gasteiger partial charge is 0.441 e. The zero-order valence-electron chi connectivity index (χ0n) is 22.2. The summed E-state index contributed by atoms with van der Waals surface area (Å²) >= 11 is 0. The Bertz CT molecular complexity index is 2200. The lowest BCUT2D eigenvalue weighted by atomic mass is 9.96. The Morgan fingerprint density at radius 3 is 2.64 bits per heavy atom. The predicted molar refractivity (Wildman–Crippen MR) is 156 cm³/mol. The summed E-state index contributed by atoms with van der Waals surface area (Å²) in [6.45, 7) is 1.85. The molecule has 0 aliphatic rings. The van der Waals surface area contributed by atoms with Crippen LogP contribution in [0.1, 0.15) is 18.5 Å². The molecule has 6 aromatic rings. The second kappa shape index (κ2) is 10.6. The van der Waals surface area contributed by atoms with Gasteiger partial charge in [-0.15, -0.1) is 0 Å². The number of aromatic amines is 1. The molecule has 42 heavy (non-hydrogen) atoms. The first-order valence-corrected chi connectivity index (χ1v) is 13.6. The first-order valence-electron chi connectivity index (χ1n) is 12.6. The maximum Gasteiger partial charge on any atom is 0.271 e. The van der Waals surface area contributed by atoms with Crippen molar-refractivity contribution in [2.75, 3.05) is 12.8 Å². The Labute approximate surface area is 238 Å². The summed E-state index contributed by atoms with van der Waals surface area (Å²) < 4.78 is 37.3. The highest BCUT2D eigenvalue weighted by molar-refractivity contribution is 7.69. The third-order valence-electron chi connectivity index (χ3n) is 6.84. The normalized spacial score (nSPS) is 13.1. The van der Waals surface area contributed by atoms with Gasteiger partial charge >= 0.3 is 0 Å². The third-order valence-corrected chi connectivity index (χ3v) is 7.47. The highest BCUT2D eigenvalue weighted by Gasteiger charge is 2.25. The molecule has 0 fully saturated rings. The molecule has 0 amide bonds. The number of H-pyrrole nitrogens is 1. The highest BCUT2D eigenvalue weighted by Crippen LogP contribution is 2.35. The second-order valence-corrected chi connectivity index (χ2v) is 10.2. The molecule has 0 aliphatic heterocycles. The van der Waals surface area contributed by atoms with Gasteiger partial charge in [0, 0.05) is 30.6 Å². The van der Waals surface area contributed by atoms with Gasteiger partial charge in [-0.1, -0.05) is 41.2 Å². The average molecular weight is 586 g/mol. The number of anilines is 1. The van der Waals surface area contributed by atoms with Crippen molar-refractivity contribution < 1.29 is 12.8 Å². The van der Waals surface area contributed by atoms with Crippen molar-refractivity contribution in [1.29, 1.82) is 0 Å². The van der Waals surface area contributed by atoms with Gasteiger partial charge in [0.2, 0.25) is 0 Å². The molecule has 14 heteroatoms. The van der Waals surface area contributed by atoms with Crippen molar-refractivity contribution in [2.24, 2.45) is 4.36 Å². The molecule has 0 aliphatic carbocycles. The Morgan fingerprint density at radius 2 is 1.88 bits per heavy atom. The van der Waals surface area contributed by atoms with Crippen LogP contribution in [0.2, 0.25) is 0 Å². The zero-order chi connectivity index (χ0) is 29.5. The summed E-state index contributed by atoms with van der Waals surface area (Å²) in [6.07, 6.45) is 3.88. The minimum Gasteiger partial charge on any atom is -0.441 e. The van der Waals surface area contributed by atoms with E-state index in [4.69, 9.17) is 10.8 Å². The second-order valence-electron chi connectivity index (χ2n) is 9.29. The van der Waals surface area contributed by atoms with Gasteiger partial charge in [-0.05, 0) is 42.3 Å². The monoisotopic (exact) mass is 585 g/mol. The van der Waals surface area contributed by atoms with E-state index >= 15 is 0 Å². The fourth-order valence-electron chi connectivity index (χ4n) is 4.87. The molecule has 5 aromatic heterocycles. The molecule has 0 bridgehead atoms. The van der Waals surface area contributed by atoms with Gasteiger partial charge in [0.15, 0.2) is 5.65 Å². The topological polar surface area (TPSA) is 163 Å². The van der Waals surface area contributed by atoms with E-state index in [1.807, 2.05) is 31.2 Å². The Morgan fingerprint density at radius 1 is 1.10 bits per heavy atom. The van der Waals surface area contributed by atoms with Crippen LogP contribution in [0.25, 0.3) is 38.9 Å². The van der Waals surface area contributed by atoms with Crippen LogP contribution in [0.3, 0.4) is 0 Å². The quantitative estimate of drug-likeness (QED) is 0.276. The van der Waals surface area contributed by atoms with Crippen LogP contribution in [-0.2, 0) is 19.3 Å². The molecule has 0 unspecified atom stereocenters. The van der Waals surface area contributed by atoms with Gasteiger partial charge in [0.1, 0.15) is 29.3 Å². The number of halogens is 1. The lowest BCUT2D eigenvalue weighted by molar-refractivity contribution is 0.438. The molecule has 0 radical (unpaired) electrons. The number of hydrogen-bond donors (Lipinski definition) is 2. The van der Waals surface area contributed by atoms with Gasteiger partial charge < -0.3 is 23.5 Å². The fraction of sp³-hybridized carbons (Fsp3) is 0.107. The third kappa shape index (κ3) is 4.61. The maximum atomic E-state index is 14.1. The molecule has 5 heterocycles. The van der Waals surface area contributed by atoms with E-state index in [2.05, 4.69) is 23.5 Å². The van der Waals surface area contributed by atoms with Crippen LogP contribution in [0.5, 0.6) is 0 Å². The molecule has 0 spiro atoms. The first-order chi connectivity index (χ1) is 20.3. The number of rotatable bonds is 6. The van der Waals surface area contributed by atoms with Crippen molar-refractivity contribution in [1.82, 2.24) is 29.1 Å². The van der Waals surface area contributed by atoms with E-state index in [1.165, 1.54) is 42.2 Å². The van der Waals surface area contributed by atoms with E-state index in [9.17, 15) is 18.2 Å². The van der Waals surface area contributed by atoms with E-state index < -0.39 is 33.9 Å². The Hall–Kier alpha value is -5.21. The molecular weight excluding hydrogens is 563 g/mol.